The predicted octanol–water partition coefficient (Wildman–Crippen LogP) is 1.50. The lowest BCUT2D eigenvalue weighted by Crippen LogP contribution is -2.12. The summed E-state index contributed by atoms with van der Waals surface area (Å²) in [7, 11) is 0. The SMILES string of the molecule is Cc1ccc(C(N)C=O)c(C)c1. The second kappa shape index (κ2) is 3.50. The number of hydrogen-bond acceptors (Lipinski definition) is 2. The first-order chi connectivity index (χ1) is 5.65. The second-order valence-electron chi connectivity index (χ2n) is 3.02. The van der Waals surface area contributed by atoms with Crippen LogP contribution in [-0.4, -0.2) is 6.29 Å². The van der Waals surface area contributed by atoms with Gasteiger partial charge in [0.2, 0.25) is 0 Å². The molecule has 0 aromatic heterocycles. The van der Waals surface area contributed by atoms with Crippen molar-refractivity contribution in [1.82, 2.24) is 0 Å². The Kier molecular flexibility index (Phi) is 2.61. The third kappa shape index (κ3) is 1.71. The number of rotatable bonds is 2. The average Bonchev–Trinajstić information content (AvgIpc) is 2.03. The van der Waals surface area contributed by atoms with Crippen molar-refractivity contribution < 1.29 is 4.79 Å². The molecule has 0 saturated carbocycles. The van der Waals surface area contributed by atoms with Gasteiger partial charge >= 0.3 is 0 Å². The van der Waals surface area contributed by atoms with Gasteiger partial charge in [0, 0.05) is 0 Å². The van der Waals surface area contributed by atoms with Crippen molar-refractivity contribution in [1.29, 1.82) is 0 Å². The van der Waals surface area contributed by atoms with Crippen LogP contribution in [0.5, 0.6) is 0 Å². The molecular weight excluding hydrogens is 150 g/mol. The summed E-state index contributed by atoms with van der Waals surface area (Å²) in [5.74, 6) is 0. The first-order valence-corrected chi connectivity index (χ1v) is 3.93. The van der Waals surface area contributed by atoms with E-state index < -0.39 is 6.04 Å². The van der Waals surface area contributed by atoms with Gasteiger partial charge in [-0.15, -0.1) is 0 Å². The molecule has 1 aromatic carbocycles. The summed E-state index contributed by atoms with van der Waals surface area (Å²) >= 11 is 0. The fourth-order valence-electron chi connectivity index (χ4n) is 1.27. The fourth-order valence-corrected chi connectivity index (χ4v) is 1.27. The molecule has 1 aromatic rings. The van der Waals surface area contributed by atoms with Crippen molar-refractivity contribution in [2.24, 2.45) is 5.73 Å². The van der Waals surface area contributed by atoms with E-state index in [-0.39, 0.29) is 0 Å². The molecule has 0 heterocycles. The molecule has 0 aliphatic rings. The molecule has 12 heavy (non-hydrogen) atoms. The van der Waals surface area contributed by atoms with Crippen molar-refractivity contribution in [3.05, 3.63) is 34.9 Å². The minimum absolute atomic E-state index is 0.481. The highest BCUT2D eigenvalue weighted by molar-refractivity contribution is 5.62. The molecule has 0 radical (unpaired) electrons. The van der Waals surface area contributed by atoms with E-state index in [0.29, 0.717) is 0 Å². The lowest BCUT2D eigenvalue weighted by molar-refractivity contribution is -0.109. The van der Waals surface area contributed by atoms with Crippen molar-refractivity contribution in [2.75, 3.05) is 0 Å². The Balaban J connectivity index is 3.09. The summed E-state index contributed by atoms with van der Waals surface area (Å²) in [5.41, 5.74) is 8.76. The van der Waals surface area contributed by atoms with Crippen LogP contribution < -0.4 is 5.73 Å². The van der Waals surface area contributed by atoms with Gasteiger partial charge in [-0.1, -0.05) is 23.8 Å². The zero-order valence-corrected chi connectivity index (χ0v) is 7.37. The van der Waals surface area contributed by atoms with Crippen molar-refractivity contribution in [3.8, 4) is 0 Å². The molecule has 1 atom stereocenters. The number of carbonyl (C=O) groups excluding carboxylic acids is 1. The highest BCUT2D eigenvalue weighted by Crippen LogP contribution is 2.15. The van der Waals surface area contributed by atoms with Crippen LogP contribution in [0.1, 0.15) is 22.7 Å². The summed E-state index contributed by atoms with van der Waals surface area (Å²) in [6, 6.07) is 5.42. The smallest absolute Gasteiger partial charge is 0.141 e. The Labute approximate surface area is 72.4 Å². The van der Waals surface area contributed by atoms with E-state index in [1.165, 1.54) is 5.56 Å². The summed E-state index contributed by atoms with van der Waals surface area (Å²) in [5, 5.41) is 0. The summed E-state index contributed by atoms with van der Waals surface area (Å²) in [6.07, 6.45) is 0.762. The number of nitrogens with two attached hydrogens (primary N) is 1. The fraction of sp³-hybridized carbons (Fsp3) is 0.300. The zero-order chi connectivity index (χ0) is 9.14. The minimum atomic E-state index is -0.481. The van der Waals surface area contributed by atoms with Crippen LogP contribution in [0.15, 0.2) is 18.2 Å². The van der Waals surface area contributed by atoms with Crippen molar-refractivity contribution in [2.45, 2.75) is 19.9 Å². The van der Waals surface area contributed by atoms with E-state index in [1.807, 2.05) is 32.0 Å². The van der Waals surface area contributed by atoms with Crippen molar-refractivity contribution in [3.63, 3.8) is 0 Å². The van der Waals surface area contributed by atoms with Crippen LogP contribution in [0.25, 0.3) is 0 Å². The lowest BCUT2D eigenvalue weighted by atomic mass is 10.0. The largest absolute Gasteiger partial charge is 0.318 e. The van der Waals surface area contributed by atoms with Gasteiger partial charge in [-0.05, 0) is 25.0 Å². The molecule has 2 N–H and O–H groups in total. The van der Waals surface area contributed by atoms with Crippen LogP contribution in [0.2, 0.25) is 0 Å². The summed E-state index contributed by atoms with van der Waals surface area (Å²) < 4.78 is 0. The number of aryl methyl sites for hydroxylation is 2. The molecule has 0 spiro atoms. The molecule has 0 bridgehead atoms. The molecular formula is C10H13NO. The minimum Gasteiger partial charge on any atom is -0.318 e. The molecule has 0 aliphatic carbocycles. The number of aldehydes is 1. The third-order valence-electron chi connectivity index (χ3n) is 1.93. The van der Waals surface area contributed by atoms with Crippen LogP contribution in [0.4, 0.5) is 0 Å². The van der Waals surface area contributed by atoms with Gasteiger partial charge in [-0.3, -0.25) is 0 Å². The van der Waals surface area contributed by atoms with Crippen LogP contribution in [-0.2, 0) is 4.79 Å². The van der Waals surface area contributed by atoms with Crippen LogP contribution >= 0.6 is 0 Å². The van der Waals surface area contributed by atoms with E-state index in [2.05, 4.69) is 0 Å². The van der Waals surface area contributed by atoms with E-state index in [9.17, 15) is 4.79 Å². The Morgan fingerprint density at radius 1 is 1.42 bits per heavy atom. The Morgan fingerprint density at radius 2 is 2.08 bits per heavy atom. The molecule has 1 rings (SSSR count). The van der Waals surface area contributed by atoms with E-state index in [0.717, 1.165) is 17.4 Å². The maximum atomic E-state index is 10.4. The number of carbonyl (C=O) groups is 1. The molecule has 0 saturated heterocycles. The molecule has 2 nitrogen and oxygen atoms in total. The van der Waals surface area contributed by atoms with E-state index in [4.69, 9.17) is 5.73 Å². The van der Waals surface area contributed by atoms with Gasteiger partial charge in [0.15, 0.2) is 0 Å². The molecule has 2 heteroatoms. The predicted molar refractivity (Wildman–Crippen MR) is 48.9 cm³/mol. The monoisotopic (exact) mass is 163 g/mol. The highest BCUT2D eigenvalue weighted by atomic mass is 16.1. The first kappa shape index (κ1) is 8.94. The van der Waals surface area contributed by atoms with Gasteiger partial charge in [0.05, 0.1) is 6.04 Å². The van der Waals surface area contributed by atoms with Gasteiger partial charge in [0.25, 0.3) is 0 Å². The Hall–Kier alpha value is -1.15. The Bertz CT molecular complexity index is 294. The zero-order valence-electron chi connectivity index (χ0n) is 7.37. The standard InChI is InChI=1S/C10H13NO/c1-7-3-4-9(8(2)5-7)10(11)6-12/h3-6,10H,11H2,1-2H3. The maximum absolute atomic E-state index is 10.4. The molecule has 1 unspecified atom stereocenters. The molecule has 0 aliphatic heterocycles. The average molecular weight is 163 g/mol. The Morgan fingerprint density at radius 3 is 2.58 bits per heavy atom. The maximum Gasteiger partial charge on any atom is 0.141 e. The normalized spacial score (nSPS) is 12.6. The van der Waals surface area contributed by atoms with E-state index >= 15 is 0 Å². The van der Waals surface area contributed by atoms with Gasteiger partial charge < -0.3 is 10.5 Å². The van der Waals surface area contributed by atoms with Gasteiger partial charge in [-0.2, -0.15) is 0 Å². The quantitative estimate of drug-likeness (QED) is 0.671. The topological polar surface area (TPSA) is 43.1 Å². The van der Waals surface area contributed by atoms with Gasteiger partial charge in [0.1, 0.15) is 6.29 Å². The lowest BCUT2D eigenvalue weighted by Gasteiger charge is -2.08. The molecule has 0 fully saturated rings. The second-order valence-corrected chi connectivity index (χ2v) is 3.02. The van der Waals surface area contributed by atoms with Gasteiger partial charge in [-0.25, -0.2) is 0 Å². The molecule has 0 amide bonds. The third-order valence-corrected chi connectivity index (χ3v) is 1.93. The highest BCUT2D eigenvalue weighted by Gasteiger charge is 2.06. The summed E-state index contributed by atoms with van der Waals surface area (Å²) in [6.45, 7) is 3.98. The number of benzene rings is 1. The number of hydrogen-bond donors (Lipinski definition) is 1. The van der Waals surface area contributed by atoms with Crippen LogP contribution in [0.3, 0.4) is 0 Å². The van der Waals surface area contributed by atoms with E-state index in [1.54, 1.807) is 0 Å². The van der Waals surface area contributed by atoms with Crippen LogP contribution in [0, 0.1) is 13.8 Å². The summed E-state index contributed by atoms with van der Waals surface area (Å²) in [4.78, 5) is 10.4. The molecule has 64 valence electrons. The van der Waals surface area contributed by atoms with Crippen molar-refractivity contribution >= 4 is 6.29 Å². The first-order valence-electron chi connectivity index (χ1n) is 3.93.